The Bertz CT molecular complexity index is 718. The summed E-state index contributed by atoms with van der Waals surface area (Å²) in [6.45, 7) is 1.77. The first-order valence-electron chi connectivity index (χ1n) is 5.79. The molecule has 1 amide bonds. The van der Waals surface area contributed by atoms with Crippen LogP contribution in [-0.4, -0.2) is 26.6 Å². The van der Waals surface area contributed by atoms with Gasteiger partial charge in [0.25, 0.3) is 5.91 Å². The van der Waals surface area contributed by atoms with E-state index < -0.39 is 34.8 Å². The molecule has 0 saturated carbocycles. The Morgan fingerprint density at radius 2 is 2.05 bits per heavy atom. The molecule has 0 fully saturated rings. The number of carboxylic acids is 1. The Balaban J connectivity index is 2.33. The average Bonchev–Trinajstić information content (AvgIpc) is 2.89. The molecule has 110 valence electrons. The zero-order valence-electron chi connectivity index (χ0n) is 10.7. The molecule has 0 saturated heterocycles. The Morgan fingerprint density at radius 1 is 1.33 bits per heavy atom. The minimum absolute atomic E-state index is 0.193. The highest BCUT2D eigenvalue weighted by Crippen LogP contribution is 2.21. The van der Waals surface area contributed by atoms with Gasteiger partial charge >= 0.3 is 5.97 Å². The van der Waals surface area contributed by atoms with Crippen molar-refractivity contribution >= 4 is 29.1 Å². The van der Waals surface area contributed by atoms with Crippen LogP contribution >= 0.6 is 11.5 Å². The minimum Gasteiger partial charge on any atom is -0.478 e. The smallest absolute Gasteiger partial charge is 0.338 e. The van der Waals surface area contributed by atoms with Crippen molar-refractivity contribution in [2.45, 2.75) is 13.3 Å². The summed E-state index contributed by atoms with van der Waals surface area (Å²) in [5.74, 6) is -4.52. The molecule has 2 rings (SSSR count). The summed E-state index contributed by atoms with van der Waals surface area (Å²) < 4.78 is 30.5. The van der Waals surface area contributed by atoms with Crippen molar-refractivity contribution in [1.82, 2.24) is 9.59 Å². The van der Waals surface area contributed by atoms with E-state index in [1.165, 1.54) is 0 Å². The zero-order chi connectivity index (χ0) is 15.6. The van der Waals surface area contributed by atoms with E-state index in [1.807, 2.05) is 0 Å². The Labute approximate surface area is 121 Å². The van der Waals surface area contributed by atoms with Gasteiger partial charge in [0.05, 0.1) is 16.9 Å². The number of aromatic nitrogens is 2. The number of anilines is 1. The molecule has 1 heterocycles. The number of nitrogens with one attached hydrogen (secondary N) is 1. The van der Waals surface area contributed by atoms with Gasteiger partial charge in [-0.15, -0.1) is 5.10 Å². The van der Waals surface area contributed by atoms with Gasteiger partial charge in [-0.1, -0.05) is 11.4 Å². The first-order chi connectivity index (χ1) is 9.93. The van der Waals surface area contributed by atoms with E-state index in [1.54, 1.807) is 6.92 Å². The molecule has 1 aromatic carbocycles. The number of rotatable bonds is 4. The van der Waals surface area contributed by atoms with E-state index in [2.05, 4.69) is 14.9 Å². The molecule has 2 N–H and O–H groups in total. The zero-order valence-corrected chi connectivity index (χ0v) is 11.5. The number of aromatic carboxylic acids is 1. The molecular formula is C12H9F2N3O3S. The lowest BCUT2D eigenvalue weighted by Gasteiger charge is -2.07. The van der Waals surface area contributed by atoms with Gasteiger partial charge in [-0.05, 0) is 24.0 Å². The van der Waals surface area contributed by atoms with Gasteiger partial charge in [0.2, 0.25) is 0 Å². The number of aryl methyl sites for hydroxylation is 1. The monoisotopic (exact) mass is 313 g/mol. The van der Waals surface area contributed by atoms with Crippen LogP contribution in [-0.2, 0) is 6.42 Å². The summed E-state index contributed by atoms with van der Waals surface area (Å²) in [4.78, 5) is 23.0. The van der Waals surface area contributed by atoms with Crippen molar-refractivity contribution in [2.24, 2.45) is 0 Å². The molecule has 0 radical (unpaired) electrons. The van der Waals surface area contributed by atoms with Crippen molar-refractivity contribution in [1.29, 1.82) is 0 Å². The molecule has 0 spiro atoms. The van der Waals surface area contributed by atoms with Crippen molar-refractivity contribution < 1.29 is 23.5 Å². The molecule has 0 aliphatic heterocycles. The number of carbonyl (C=O) groups excluding carboxylic acids is 1. The number of amides is 1. The summed E-state index contributed by atoms with van der Waals surface area (Å²) in [5.41, 5.74) is -0.711. The van der Waals surface area contributed by atoms with Gasteiger partial charge in [-0.2, -0.15) is 0 Å². The summed E-state index contributed by atoms with van der Waals surface area (Å²) >= 11 is 0.835. The topological polar surface area (TPSA) is 92.2 Å². The Morgan fingerprint density at radius 3 is 2.67 bits per heavy atom. The molecule has 0 unspecified atom stereocenters. The van der Waals surface area contributed by atoms with E-state index >= 15 is 0 Å². The summed E-state index contributed by atoms with van der Waals surface area (Å²) in [6.07, 6.45) is 0.464. The molecule has 9 heteroatoms. The van der Waals surface area contributed by atoms with Gasteiger partial charge in [-0.3, -0.25) is 4.79 Å². The van der Waals surface area contributed by atoms with E-state index in [0.717, 1.165) is 17.6 Å². The summed E-state index contributed by atoms with van der Waals surface area (Å²) in [5, 5.41) is 14.7. The second-order valence-corrected chi connectivity index (χ2v) is 4.73. The van der Waals surface area contributed by atoms with E-state index in [-0.39, 0.29) is 4.88 Å². The fraction of sp³-hybridized carbons (Fsp3) is 0.167. The maximum absolute atomic E-state index is 13.6. The van der Waals surface area contributed by atoms with Crippen LogP contribution in [0.2, 0.25) is 0 Å². The highest BCUT2D eigenvalue weighted by molar-refractivity contribution is 7.08. The molecule has 2 aromatic rings. The van der Waals surface area contributed by atoms with Gasteiger partial charge in [0.15, 0.2) is 0 Å². The Kier molecular flexibility index (Phi) is 4.22. The van der Waals surface area contributed by atoms with Gasteiger partial charge in [0, 0.05) is 6.07 Å². The third kappa shape index (κ3) is 3.02. The number of carboxylic acid groups (broad SMARTS) is 1. The highest BCUT2D eigenvalue weighted by atomic mass is 32.1. The van der Waals surface area contributed by atoms with E-state index in [0.29, 0.717) is 18.2 Å². The predicted molar refractivity (Wildman–Crippen MR) is 70.6 cm³/mol. The molecular weight excluding hydrogens is 304 g/mol. The minimum atomic E-state index is -1.56. The lowest BCUT2D eigenvalue weighted by Crippen LogP contribution is -2.14. The van der Waals surface area contributed by atoms with Crippen molar-refractivity contribution in [3.05, 3.63) is 39.9 Å². The van der Waals surface area contributed by atoms with Crippen LogP contribution in [0, 0.1) is 11.6 Å². The summed E-state index contributed by atoms with van der Waals surface area (Å²) in [6, 6.07) is 1.13. The van der Waals surface area contributed by atoms with Gasteiger partial charge in [0.1, 0.15) is 16.5 Å². The molecule has 0 aliphatic rings. The van der Waals surface area contributed by atoms with Crippen LogP contribution in [0.15, 0.2) is 12.1 Å². The SMILES string of the molecule is CCc1nnsc1C(=O)Nc1cc(C(=O)O)c(F)cc1F. The van der Waals surface area contributed by atoms with Crippen LogP contribution in [0.5, 0.6) is 0 Å². The molecule has 0 bridgehead atoms. The number of halogens is 2. The third-order valence-electron chi connectivity index (χ3n) is 2.63. The van der Waals surface area contributed by atoms with Crippen molar-refractivity contribution in [2.75, 3.05) is 5.32 Å². The fourth-order valence-electron chi connectivity index (χ4n) is 1.60. The number of hydrogen-bond donors (Lipinski definition) is 2. The van der Waals surface area contributed by atoms with Crippen LogP contribution < -0.4 is 5.32 Å². The number of nitrogens with zero attached hydrogens (tertiary/aromatic N) is 2. The number of carbonyl (C=O) groups is 2. The van der Waals surface area contributed by atoms with Crippen LogP contribution in [0.25, 0.3) is 0 Å². The predicted octanol–water partition coefficient (Wildman–Crippen LogP) is 2.33. The maximum Gasteiger partial charge on any atom is 0.338 e. The maximum atomic E-state index is 13.6. The normalized spacial score (nSPS) is 10.4. The Hall–Kier alpha value is -2.42. The van der Waals surface area contributed by atoms with E-state index in [4.69, 9.17) is 5.11 Å². The third-order valence-corrected chi connectivity index (χ3v) is 3.40. The largest absolute Gasteiger partial charge is 0.478 e. The quantitative estimate of drug-likeness (QED) is 0.904. The van der Waals surface area contributed by atoms with Gasteiger partial charge in [-0.25, -0.2) is 13.6 Å². The molecule has 6 nitrogen and oxygen atoms in total. The first-order valence-corrected chi connectivity index (χ1v) is 6.56. The molecule has 0 aliphatic carbocycles. The van der Waals surface area contributed by atoms with Crippen molar-refractivity contribution in [3.8, 4) is 0 Å². The molecule has 21 heavy (non-hydrogen) atoms. The number of hydrogen-bond acceptors (Lipinski definition) is 5. The fourth-order valence-corrected chi connectivity index (χ4v) is 2.25. The van der Waals surface area contributed by atoms with Crippen molar-refractivity contribution in [3.63, 3.8) is 0 Å². The second-order valence-electron chi connectivity index (χ2n) is 3.97. The molecule has 1 aromatic heterocycles. The lowest BCUT2D eigenvalue weighted by atomic mass is 10.1. The highest BCUT2D eigenvalue weighted by Gasteiger charge is 2.20. The van der Waals surface area contributed by atoms with Crippen LogP contribution in [0.4, 0.5) is 14.5 Å². The van der Waals surface area contributed by atoms with E-state index in [9.17, 15) is 18.4 Å². The van der Waals surface area contributed by atoms with Gasteiger partial charge < -0.3 is 10.4 Å². The average molecular weight is 313 g/mol. The number of benzene rings is 1. The molecule has 0 atom stereocenters. The second kappa shape index (κ2) is 5.92. The first kappa shape index (κ1) is 15.0. The lowest BCUT2D eigenvalue weighted by molar-refractivity contribution is 0.0691. The standard InChI is InChI=1S/C12H9F2N3O3S/c1-2-8-10(21-17-16-8)11(18)15-9-3-5(12(19)20)6(13)4-7(9)14/h3-4H,2H2,1H3,(H,15,18)(H,19,20). The van der Waals surface area contributed by atoms with Crippen LogP contribution in [0.1, 0.15) is 32.6 Å². The summed E-state index contributed by atoms with van der Waals surface area (Å²) in [7, 11) is 0. The van der Waals surface area contributed by atoms with Crippen LogP contribution in [0.3, 0.4) is 0 Å².